The van der Waals surface area contributed by atoms with Crippen molar-refractivity contribution in [2.75, 3.05) is 0 Å². The molecule has 0 saturated heterocycles. The van der Waals surface area contributed by atoms with Crippen molar-refractivity contribution >= 4 is 20.8 Å². The largest absolute Gasteiger partial charge is 0.425 e. The van der Waals surface area contributed by atoms with Gasteiger partial charge in [-0.05, 0) is 0 Å². The van der Waals surface area contributed by atoms with Gasteiger partial charge in [-0.2, -0.15) is 16.8 Å². The maximum atomic E-state index is 9.51. The molecule has 13 heteroatoms. The van der Waals surface area contributed by atoms with Crippen LogP contribution >= 0.6 is 0 Å². The van der Waals surface area contributed by atoms with Gasteiger partial charge in [-0.3, -0.25) is 9.11 Å². The Kier molecular flexibility index (Phi) is 12.5. The lowest BCUT2D eigenvalue weighted by Gasteiger charge is -1.92. The van der Waals surface area contributed by atoms with Crippen LogP contribution in [0.15, 0.2) is 0 Å². The van der Waals surface area contributed by atoms with Crippen LogP contribution in [0.1, 0.15) is 0 Å². The van der Waals surface area contributed by atoms with Gasteiger partial charge >= 0.3 is 20.8 Å². The average molecular weight is 245 g/mol. The molecular weight excluding hydrogens is 234 g/mol. The minimum absolute atomic E-state index is 0. The van der Waals surface area contributed by atoms with Gasteiger partial charge in [0.15, 0.2) is 0 Å². The second kappa shape index (κ2) is 7.06. The highest BCUT2D eigenvalue weighted by atomic mass is 32.3. The van der Waals surface area contributed by atoms with Crippen LogP contribution in [-0.2, 0) is 29.5 Å². The second-order valence-corrected chi connectivity index (χ2v) is 2.97. The molecule has 86 valence electrons. The molecule has 0 aromatic heterocycles. The second-order valence-electron chi connectivity index (χ2n) is 0.992. The third-order valence-corrected chi connectivity index (χ3v) is 0.766. The predicted molar refractivity (Wildman–Crippen MR) is 40.3 cm³/mol. The smallest absolute Gasteiger partial charge is 0.344 e. The van der Waals surface area contributed by atoms with Crippen molar-refractivity contribution in [3.05, 3.63) is 0 Å². The molecule has 11 N–H and O–H groups in total. The fourth-order valence-corrected chi connectivity index (χ4v) is 0.632. The summed E-state index contributed by atoms with van der Waals surface area (Å²) in [7, 11) is -10.0. The van der Waals surface area contributed by atoms with Crippen molar-refractivity contribution in [3.8, 4) is 0 Å². The lowest BCUT2D eigenvalue weighted by molar-refractivity contribution is -0.105. The Hall–Kier alpha value is -0.380. The van der Waals surface area contributed by atoms with Crippen molar-refractivity contribution in [1.29, 1.82) is 0 Å². The Balaban J connectivity index is -0.000000135. The van der Waals surface area contributed by atoms with Crippen molar-refractivity contribution in [2.24, 2.45) is 0 Å². The molecular formula is H11N3O8S2. The normalized spacial score (nSPS) is 10.3. The first-order valence-electron chi connectivity index (χ1n) is 1.53. The Morgan fingerprint density at radius 1 is 0.692 bits per heavy atom. The molecule has 0 rings (SSSR count). The molecule has 0 unspecified atom stereocenters. The molecule has 0 aromatic carbocycles. The minimum Gasteiger partial charge on any atom is -0.344 e. The first-order chi connectivity index (χ1) is 4.21. The number of hydrogen-bond donors (Lipinski definition) is 5. The van der Waals surface area contributed by atoms with Crippen molar-refractivity contribution < 1.29 is 34.6 Å². The standard InChI is InChI=1S/3H3N.H2O8S2/c;;;1-9(2,3)7-8-10(4,5)6/h3*1H3;(H,1,2,3)(H,4,5,6). The van der Waals surface area contributed by atoms with E-state index in [2.05, 4.69) is 8.67 Å². The van der Waals surface area contributed by atoms with E-state index < -0.39 is 20.8 Å². The molecule has 0 atom stereocenters. The maximum absolute atomic E-state index is 9.51. The third kappa shape index (κ3) is 24.5. The first kappa shape index (κ1) is 22.9. The molecule has 0 fully saturated rings. The van der Waals surface area contributed by atoms with E-state index in [0.29, 0.717) is 0 Å². The summed E-state index contributed by atoms with van der Waals surface area (Å²) >= 11 is 0. The average Bonchev–Trinajstić information content (AvgIpc) is 1.57. The van der Waals surface area contributed by atoms with Gasteiger partial charge < -0.3 is 18.5 Å². The van der Waals surface area contributed by atoms with E-state index in [1.54, 1.807) is 0 Å². The number of hydrogen-bond acceptors (Lipinski definition) is 9. The SMILES string of the molecule is N.N.N.O=S(=O)(O)OOS(=O)(=O)O. The fraction of sp³-hybridized carbons (Fsp3) is 0. The zero-order valence-corrected chi connectivity index (χ0v) is 7.91. The summed E-state index contributed by atoms with van der Waals surface area (Å²) in [5.41, 5.74) is 0. The van der Waals surface area contributed by atoms with E-state index in [0.717, 1.165) is 0 Å². The lowest BCUT2D eigenvalue weighted by atomic mass is 14.0. The number of rotatable bonds is 3. The monoisotopic (exact) mass is 245 g/mol. The van der Waals surface area contributed by atoms with Crippen LogP contribution in [-0.4, -0.2) is 25.9 Å². The van der Waals surface area contributed by atoms with Gasteiger partial charge in [0.25, 0.3) is 0 Å². The van der Waals surface area contributed by atoms with E-state index in [1.807, 2.05) is 0 Å². The molecule has 0 bridgehead atoms. The molecule has 0 amide bonds. The van der Waals surface area contributed by atoms with Gasteiger partial charge in [-0.1, -0.05) is 8.67 Å². The van der Waals surface area contributed by atoms with Crippen LogP contribution in [0, 0.1) is 0 Å². The van der Waals surface area contributed by atoms with Gasteiger partial charge in [0.1, 0.15) is 0 Å². The van der Waals surface area contributed by atoms with E-state index in [1.165, 1.54) is 0 Å². The lowest BCUT2D eigenvalue weighted by Crippen LogP contribution is -2.10. The zero-order chi connectivity index (χ0) is 8.41. The third-order valence-electron chi connectivity index (χ3n) is 0.200. The van der Waals surface area contributed by atoms with Gasteiger partial charge in [-0.25, -0.2) is 0 Å². The summed E-state index contributed by atoms with van der Waals surface area (Å²) in [6.07, 6.45) is 0. The molecule has 0 aromatic rings. The van der Waals surface area contributed by atoms with Crippen LogP contribution in [0.4, 0.5) is 0 Å². The molecule has 0 heterocycles. The summed E-state index contributed by atoms with van der Waals surface area (Å²) < 4.78 is 58.9. The van der Waals surface area contributed by atoms with Gasteiger partial charge in [0.05, 0.1) is 0 Å². The van der Waals surface area contributed by atoms with Crippen LogP contribution in [0.5, 0.6) is 0 Å². The highest BCUT2D eigenvalue weighted by Crippen LogP contribution is 1.92. The van der Waals surface area contributed by atoms with Gasteiger partial charge in [0, 0.05) is 0 Å². The molecule has 13 heavy (non-hydrogen) atoms. The van der Waals surface area contributed by atoms with Crippen molar-refractivity contribution in [2.45, 2.75) is 0 Å². The molecule has 0 radical (unpaired) electrons. The molecule has 0 aliphatic heterocycles. The molecule has 0 aliphatic carbocycles. The van der Waals surface area contributed by atoms with Gasteiger partial charge in [-0.15, -0.1) is 0 Å². The van der Waals surface area contributed by atoms with Gasteiger partial charge in [0.2, 0.25) is 0 Å². The molecule has 0 saturated carbocycles. The minimum atomic E-state index is -5.02. The van der Waals surface area contributed by atoms with E-state index in [4.69, 9.17) is 9.11 Å². The van der Waals surface area contributed by atoms with Crippen molar-refractivity contribution in [3.63, 3.8) is 0 Å². The highest BCUT2D eigenvalue weighted by Gasteiger charge is 2.13. The van der Waals surface area contributed by atoms with E-state index >= 15 is 0 Å². The summed E-state index contributed by atoms with van der Waals surface area (Å²) in [5, 5.41) is 0. The van der Waals surface area contributed by atoms with Crippen LogP contribution < -0.4 is 18.5 Å². The fourth-order valence-electron chi connectivity index (χ4n) is 0.0702. The Morgan fingerprint density at radius 2 is 0.846 bits per heavy atom. The highest BCUT2D eigenvalue weighted by molar-refractivity contribution is 7.83. The molecule has 11 nitrogen and oxygen atoms in total. The van der Waals surface area contributed by atoms with Crippen LogP contribution in [0.25, 0.3) is 0 Å². The van der Waals surface area contributed by atoms with E-state index in [9.17, 15) is 16.8 Å². The molecule has 0 spiro atoms. The Morgan fingerprint density at radius 3 is 0.923 bits per heavy atom. The van der Waals surface area contributed by atoms with E-state index in [-0.39, 0.29) is 18.5 Å². The summed E-state index contributed by atoms with van der Waals surface area (Å²) in [6.45, 7) is 0. The first-order valence-corrected chi connectivity index (χ1v) is 4.26. The topological polar surface area (TPSA) is 232 Å². The predicted octanol–water partition coefficient (Wildman–Crippen LogP) is -0.974. The van der Waals surface area contributed by atoms with Crippen molar-refractivity contribution in [1.82, 2.24) is 18.5 Å². The quantitative estimate of drug-likeness (QED) is 0.230. The summed E-state index contributed by atoms with van der Waals surface area (Å²) in [5.74, 6) is 0. The Labute approximate surface area is 74.6 Å². The zero-order valence-electron chi connectivity index (χ0n) is 6.28. The Bertz CT molecular complexity index is 253. The maximum Gasteiger partial charge on any atom is 0.425 e. The molecule has 0 aliphatic rings. The summed E-state index contributed by atoms with van der Waals surface area (Å²) in [6, 6.07) is 0. The van der Waals surface area contributed by atoms with Crippen LogP contribution in [0.2, 0.25) is 0 Å². The van der Waals surface area contributed by atoms with Crippen LogP contribution in [0.3, 0.4) is 0 Å². The summed E-state index contributed by atoms with van der Waals surface area (Å²) in [4.78, 5) is 0.